The van der Waals surface area contributed by atoms with E-state index in [1.54, 1.807) is 25.2 Å². The zero-order valence-electron chi connectivity index (χ0n) is 15.5. The van der Waals surface area contributed by atoms with Crippen LogP contribution in [0.4, 0.5) is 0 Å². The largest absolute Gasteiger partial charge is 0.493 e. The molecule has 0 radical (unpaired) electrons. The molecule has 0 saturated heterocycles. The monoisotopic (exact) mass is 367 g/mol. The highest BCUT2D eigenvalue weighted by molar-refractivity contribution is 5.97. The standard InChI is InChI=1S/C21H21NO5/c1-14-7-9-16(10-8-14)26-12-11-22(2)20(23)17-13-15-5-4-6-18(25-3)19(15)27-21(17)24/h4-10,13H,11-12H2,1-3H3. The second kappa shape index (κ2) is 7.95. The Labute approximate surface area is 156 Å². The van der Waals surface area contributed by atoms with Crippen molar-refractivity contribution < 1.29 is 18.7 Å². The van der Waals surface area contributed by atoms with Crippen LogP contribution < -0.4 is 15.1 Å². The molecule has 1 aromatic heterocycles. The molecule has 27 heavy (non-hydrogen) atoms. The van der Waals surface area contributed by atoms with E-state index in [4.69, 9.17) is 13.9 Å². The van der Waals surface area contributed by atoms with Gasteiger partial charge in [0.2, 0.25) is 0 Å². The van der Waals surface area contributed by atoms with E-state index in [0.29, 0.717) is 29.9 Å². The van der Waals surface area contributed by atoms with E-state index in [-0.39, 0.29) is 5.56 Å². The average molecular weight is 367 g/mol. The number of hydrogen-bond donors (Lipinski definition) is 0. The third-order valence-corrected chi connectivity index (χ3v) is 4.24. The van der Waals surface area contributed by atoms with Gasteiger partial charge in [0.25, 0.3) is 5.91 Å². The Kier molecular flexibility index (Phi) is 5.45. The molecule has 6 heteroatoms. The zero-order valence-corrected chi connectivity index (χ0v) is 15.5. The quantitative estimate of drug-likeness (QED) is 0.626. The maximum atomic E-state index is 12.6. The normalized spacial score (nSPS) is 10.6. The van der Waals surface area contributed by atoms with E-state index >= 15 is 0 Å². The minimum absolute atomic E-state index is 0.0198. The summed E-state index contributed by atoms with van der Waals surface area (Å²) in [6, 6.07) is 14.4. The van der Waals surface area contributed by atoms with Crippen molar-refractivity contribution in [3.8, 4) is 11.5 Å². The summed E-state index contributed by atoms with van der Waals surface area (Å²) in [5.41, 5.74) is 0.762. The van der Waals surface area contributed by atoms with Gasteiger partial charge in [-0.3, -0.25) is 4.79 Å². The first kappa shape index (κ1) is 18.5. The van der Waals surface area contributed by atoms with Crippen molar-refractivity contribution in [3.63, 3.8) is 0 Å². The fraction of sp³-hybridized carbons (Fsp3) is 0.238. The van der Waals surface area contributed by atoms with E-state index in [1.807, 2.05) is 31.2 Å². The summed E-state index contributed by atoms with van der Waals surface area (Å²) >= 11 is 0. The van der Waals surface area contributed by atoms with E-state index < -0.39 is 11.5 Å². The van der Waals surface area contributed by atoms with E-state index in [1.165, 1.54) is 18.1 Å². The van der Waals surface area contributed by atoms with E-state index in [2.05, 4.69) is 0 Å². The number of methoxy groups -OCH3 is 1. The van der Waals surface area contributed by atoms with Gasteiger partial charge < -0.3 is 18.8 Å². The molecule has 140 valence electrons. The Balaban J connectivity index is 1.71. The Bertz CT molecular complexity index is 1010. The number of fused-ring (bicyclic) bond motifs is 1. The van der Waals surface area contributed by atoms with Crippen LogP contribution in [0.2, 0.25) is 0 Å². The molecule has 1 heterocycles. The lowest BCUT2D eigenvalue weighted by atomic mass is 10.1. The summed E-state index contributed by atoms with van der Waals surface area (Å²) in [6.45, 7) is 2.65. The number of rotatable bonds is 6. The lowest BCUT2D eigenvalue weighted by molar-refractivity contribution is 0.0769. The predicted octanol–water partition coefficient (Wildman–Crippen LogP) is 3.26. The first-order valence-corrected chi connectivity index (χ1v) is 8.55. The van der Waals surface area contributed by atoms with Crippen LogP contribution in [0.25, 0.3) is 11.0 Å². The minimum Gasteiger partial charge on any atom is -0.493 e. The van der Waals surface area contributed by atoms with Crippen LogP contribution in [0.5, 0.6) is 11.5 Å². The lowest BCUT2D eigenvalue weighted by Crippen LogP contribution is -2.33. The van der Waals surface area contributed by atoms with Gasteiger partial charge in [-0.1, -0.05) is 29.8 Å². The SMILES string of the molecule is COc1cccc2cc(C(=O)N(C)CCOc3ccc(C)cc3)c(=O)oc12. The van der Waals surface area contributed by atoms with Crippen molar-refractivity contribution >= 4 is 16.9 Å². The number of ether oxygens (including phenoxy) is 2. The van der Waals surface area contributed by atoms with Crippen LogP contribution in [0, 0.1) is 6.92 Å². The highest BCUT2D eigenvalue weighted by atomic mass is 16.5. The smallest absolute Gasteiger partial charge is 0.349 e. The molecule has 0 aliphatic rings. The fourth-order valence-electron chi connectivity index (χ4n) is 2.67. The van der Waals surface area contributed by atoms with Crippen molar-refractivity contribution in [2.45, 2.75) is 6.92 Å². The highest BCUT2D eigenvalue weighted by Gasteiger charge is 2.19. The number of carbonyl (C=O) groups is 1. The third kappa shape index (κ3) is 4.11. The minimum atomic E-state index is -0.691. The van der Waals surface area contributed by atoms with Crippen molar-refractivity contribution in [2.75, 3.05) is 27.3 Å². The molecule has 0 aliphatic carbocycles. The Morgan fingerprint density at radius 3 is 2.59 bits per heavy atom. The summed E-state index contributed by atoms with van der Waals surface area (Å²) in [4.78, 5) is 26.3. The van der Waals surface area contributed by atoms with Crippen molar-refractivity contribution in [3.05, 3.63) is 70.1 Å². The molecule has 6 nitrogen and oxygen atoms in total. The van der Waals surface area contributed by atoms with Gasteiger partial charge in [-0.2, -0.15) is 0 Å². The van der Waals surface area contributed by atoms with Gasteiger partial charge in [0.05, 0.1) is 13.7 Å². The molecule has 0 atom stereocenters. The molecule has 3 rings (SSSR count). The van der Waals surface area contributed by atoms with Crippen molar-refractivity contribution in [1.82, 2.24) is 4.90 Å². The predicted molar refractivity (Wildman–Crippen MR) is 103 cm³/mol. The lowest BCUT2D eigenvalue weighted by Gasteiger charge is -2.17. The number of aryl methyl sites for hydroxylation is 1. The fourth-order valence-corrected chi connectivity index (χ4v) is 2.67. The topological polar surface area (TPSA) is 69.0 Å². The molecule has 0 bridgehead atoms. The summed E-state index contributed by atoms with van der Waals surface area (Å²) in [5, 5.41) is 0.626. The molecule has 0 unspecified atom stereocenters. The number of amides is 1. The molecular formula is C21H21NO5. The van der Waals surface area contributed by atoms with Crippen LogP contribution >= 0.6 is 0 Å². The number of likely N-dealkylation sites (N-methyl/N-ethyl adjacent to an activating group) is 1. The summed E-state index contributed by atoms with van der Waals surface area (Å²) in [6.07, 6.45) is 0. The number of nitrogens with zero attached hydrogens (tertiary/aromatic N) is 1. The van der Waals surface area contributed by atoms with Gasteiger partial charge in [0.1, 0.15) is 17.9 Å². The number of para-hydroxylation sites is 1. The van der Waals surface area contributed by atoms with Gasteiger partial charge >= 0.3 is 5.63 Å². The second-order valence-corrected chi connectivity index (χ2v) is 6.21. The Hall–Kier alpha value is -3.28. The number of hydrogen-bond acceptors (Lipinski definition) is 5. The maximum absolute atomic E-state index is 12.6. The molecule has 0 spiro atoms. The zero-order chi connectivity index (χ0) is 19.4. The molecule has 0 N–H and O–H groups in total. The third-order valence-electron chi connectivity index (χ3n) is 4.24. The Morgan fingerprint density at radius 1 is 1.15 bits per heavy atom. The van der Waals surface area contributed by atoms with Crippen LogP contribution in [-0.2, 0) is 0 Å². The molecule has 0 aliphatic heterocycles. The van der Waals surface area contributed by atoms with Gasteiger partial charge in [0, 0.05) is 12.4 Å². The second-order valence-electron chi connectivity index (χ2n) is 6.21. The highest BCUT2D eigenvalue weighted by Crippen LogP contribution is 2.24. The molecule has 0 fully saturated rings. The van der Waals surface area contributed by atoms with Gasteiger partial charge in [0.15, 0.2) is 11.3 Å². The average Bonchev–Trinajstić information content (AvgIpc) is 2.68. The van der Waals surface area contributed by atoms with Gasteiger partial charge in [-0.15, -0.1) is 0 Å². The first-order chi connectivity index (χ1) is 13.0. The van der Waals surface area contributed by atoms with E-state index in [0.717, 1.165) is 11.3 Å². The van der Waals surface area contributed by atoms with Crippen molar-refractivity contribution in [1.29, 1.82) is 0 Å². The van der Waals surface area contributed by atoms with Gasteiger partial charge in [-0.25, -0.2) is 4.79 Å². The number of benzene rings is 2. The van der Waals surface area contributed by atoms with Crippen LogP contribution in [0.1, 0.15) is 15.9 Å². The Morgan fingerprint density at radius 2 is 1.89 bits per heavy atom. The molecular weight excluding hydrogens is 346 g/mol. The first-order valence-electron chi connectivity index (χ1n) is 8.55. The summed E-state index contributed by atoms with van der Waals surface area (Å²) < 4.78 is 16.1. The maximum Gasteiger partial charge on any atom is 0.349 e. The van der Waals surface area contributed by atoms with Crippen molar-refractivity contribution in [2.24, 2.45) is 0 Å². The van der Waals surface area contributed by atoms with Crippen LogP contribution in [0.15, 0.2) is 57.7 Å². The molecule has 1 amide bonds. The van der Waals surface area contributed by atoms with E-state index in [9.17, 15) is 9.59 Å². The van der Waals surface area contributed by atoms with Crippen LogP contribution in [0.3, 0.4) is 0 Å². The number of carbonyl (C=O) groups excluding carboxylic acids is 1. The molecule has 3 aromatic rings. The van der Waals surface area contributed by atoms with Crippen LogP contribution in [-0.4, -0.2) is 38.1 Å². The van der Waals surface area contributed by atoms with Gasteiger partial charge in [-0.05, 0) is 31.2 Å². The summed E-state index contributed by atoms with van der Waals surface area (Å²) in [7, 11) is 3.12. The molecule has 2 aromatic carbocycles. The summed E-state index contributed by atoms with van der Waals surface area (Å²) in [5.74, 6) is 0.767. The molecule has 0 saturated carbocycles.